The third-order valence-corrected chi connectivity index (χ3v) is 4.05. The SMILES string of the molecule is C=CC(=O)N1CCC(F)(C(=O)N(C)[C@H](C(=O)O)C(C)C)CC1. The van der Waals surface area contributed by atoms with Crippen LogP contribution in [0.1, 0.15) is 26.7 Å². The van der Waals surface area contributed by atoms with Crippen LogP contribution in [0.15, 0.2) is 12.7 Å². The van der Waals surface area contributed by atoms with E-state index in [0.717, 1.165) is 11.0 Å². The minimum absolute atomic E-state index is 0.111. The maximum absolute atomic E-state index is 14.9. The molecule has 124 valence electrons. The minimum atomic E-state index is -2.13. The molecule has 1 atom stereocenters. The molecule has 6 nitrogen and oxygen atoms in total. The van der Waals surface area contributed by atoms with Gasteiger partial charge in [-0.3, -0.25) is 9.59 Å². The lowest BCUT2D eigenvalue weighted by molar-refractivity contribution is -0.159. The molecule has 1 N–H and O–H groups in total. The molecule has 1 aliphatic rings. The number of likely N-dealkylation sites (tertiary alicyclic amines) is 1. The number of piperidine rings is 1. The molecule has 22 heavy (non-hydrogen) atoms. The van der Waals surface area contributed by atoms with Crippen LogP contribution in [0, 0.1) is 5.92 Å². The molecule has 0 saturated carbocycles. The number of carboxylic acid groups (broad SMARTS) is 1. The van der Waals surface area contributed by atoms with Crippen molar-refractivity contribution in [1.29, 1.82) is 0 Å². The maximum atomic E-state index is 14.9. The van der Waals surface area contributed by atoms with Gasteiger partial charge in [0.05, 0.1) is 0 Å². The van der Waals surface area contributed by atoms with Gasteiger partial charge in [0.1, 0.15) is 6.04 Å². The lowest BCUT2D eigenvalue weighted by Crippen LogP contribution is -2.56. The summed E-state index contributed by atoms with van der Waals surface area (Å²) < 4.78 is 14.9. The number of amides is 2. The maximum Gasteiger partial charge on any atom is 0.326 e. The van der Waals surface area contributed by atoms with Gasteiger partial charge in [-0.1, -0.05) is 20.4 Å². The zero-order valence-electron chi connectivity index (χ0n) is 13.2. The molecule has 2 amide bonds. The molecular formula is C15H23FN2O4. The second-order valence-corrected chi connectivity index (χ2v) is 5.94. The molecule has 0 aromatic heterocycles. The molecule has 0 aromatic carbocycles. The summed E-state index contributed by atoms with van der Waals surface area (Å²) in [4.78, 5) is 37.5. The van der Waals surface area contributed by atoms with Crippen molar-refractivity contribution in [2.45, 2.75) is 38.4 Å². The number of rotatable bonds is 5. The topological polar surface area (TPSA) is 77.9 Å². The molecule has 0 aliphatic carbocycles. The smallest absolute Gasteiger partial charge is 0.326 e. The standard InChI is InChI=1S/C15H23FN2O4/c1-5-11(19)18-8-6-15(16,7-9-18)14(22)17(4)12(10(2)3)13(20)21/h5,10,12H,1,6-9H2,2-4H3,(H,20,21)/t12-/m0/s1. The van der Waals surface area contributed by atoms with Crippen LogP contribution in [0.25, 0.3) is 0 Å². The van der Waals surface area contributed by atoms with Gasteiger partial charge in [0.15, 0.2) is 5.67 Å². The number of hydrogen-bond acceptors (Lipinski definition) is 3. The summed E-state index contributed by atoms with van der Waals surface area (Å²) in [5, 5.41) is 9.21. The van der Waals surface area contributed by atoms with E-state index in [1.54, 1.807) is 13.8 Å². The van der Waals surface area contributed by atoms with Gasteiger partial charge >= 0.3 is 5.97 Å². The molecule has 1 aliphatic heterocycles. The molecule has 7 heteroatoms. The zero-order chi connectivity index (χ0) is 17.1. The fourth-order valence-electron chi connectivity index (χ4n) is 2.76. The minimum Gasteiger partial charge on any atom is -0.480 e. The van der Waals surface area contributed by atoms with Crippen LogP contribution < -0.4 is 0 Å². The Balaban J connectivity index is 2.82. The van der Waals surface area contributed by atoms with Gasteiger partial charge < -0.3 is 14.9 Å². The molecule has 0 bridgehead atoms. The fourth-order valence-corrected chi connectivity index (χ4v) is 2.76. The summed E-state index contributed by atoms with van der Waals surface area (Å²) in [6.07, 6.45) is 0.874. The van der Waals surface area contributed by atoms with E-state index in [0.29, 0.717) is 0 Å². The van der Waals surface area contributed by atoms with Gasteiger partial charge in [-0.05, 0) is 12.0 Å². The quantitative estimate of drug-likeness (QED) is 0.770. The predicted molar refractivity (Wildman–Crippen MR) is 78.9 cm³/mol. The van der Waals surface area contributed by atoms with E-state index in [9.17, 15) is 23.9 Å². The summed E-state index contributed by atoms with van der Waals surface area (Å²) in [7, 11) is 1.31. The number of alkyl halides is 1. The summed E-state index contributed by atoms with van der Waals surface area (Å²) in [6.45, 7) is 6.93. The van der Waals surface area contributed by atoms with Crippen molar-refractivity contribution in [2.75, 3.05) is 20.1 Å². The van der Waals surface area contributed by atoms with Gasteiger partial charge in [0.25, 0.3) is 5.91 Å². The highest BCUT2D eigenvalue weighted by Gasteiger charge is 2.46. The molecule has 1 saturated heterocycles. The number of halogens is 1. The largest absolute Gasteiger partial charge is 0.480 e. The lowest BCUT2D eigenvalue weighted by Gasteiger charge is -2.39. The molecular weight excluding hydrogens is 291 g/mol. The Morgan fingerprint density at radius 3 is 2.18 bits per heavy atom. The molecule has 0 aromatic rings. The number of likely N-dealkylation sites (N-methyl/N-ethyl adjacent to an activating group) is 1. The van der Waals surface area contributed by atoms with Gasteiger partial charge in [0, 0.05) is 33.0 Å². The average Bonchev–Trinajstić information content (AvgIpc) is 2.45. The molecule has 1 rings (SSSR count). The monoisotopic (exact) mass is 314 g/mol. The first-order chi connectivity index (χ1) is 10.1. The van der Waals surface area contributed by atoms with Crippen LogP contribution in [0.2, 0.25) is 0 Å². The highest BCUT2D eigenvalue weighted by molar-refractivity contribution is 5.90. The van der Waals surface area contributed by atoms with E-state index in [-0.39, 0.29) is 37.8 Å². The van der Waals surface area contributed by atoms with E-state index in [1.807, 2.05) is 0 Å². The van der Waals surface area contributed by atoms with Crippen LogP contribution in [-0.2, 0) is 14.4 Å². The van der Waals surface area contributed by atoms with E-state index in [4.69, 9.17) is 0 Å². The molecule has 1 fully saturated rings. The zero-order valence-corrected chi connectivity index (χ0v) is 13.2. The van der Waals surface area contributed by atoms with Crippen molar-refractivity contribution in [1.82, 2.24) is 9.80 Å². The van der Waals surface area contributed by atoms with Crippen LogP contribution in [0.4, 0.5) is 4.39 Å². The van der Waals surface area contributed by atoms with Gasteiger partial charge in [-0.15, -0.1) is 0 Å². The number of hydrogen-bond donors (Lipinski definition) is 1. The Morgan fingerprint density at radius 1 is 1.32 bits per heavy atom. The highest BCUT2D eigenvalue weighted by atomic mass is 19.1. The third-order valence-electron chi connectivity index (χ3n) is 4.05. The Morgan fingerprint density at radius 2 is 1.82 bits per heavy atom. The number of aliphatic carboxylic acids is 1. The molecule has 0 unspecified atom stereocenters. The van der Waals surface area contributed by atoms with Gasteiger partial charge in [-0.25, -0.2) is 9.18 Å². The van der Waals surface area contributed by atoms with Crippen molar-refractivity contribution in [3.05, 3.63) is 12.7 Å². The Hall–Kier alpha value is -1.92. The number of carbonyl (C=O) groups is 3. The first-order valence-corrected chi connectivity index (χ1v) is 7.24. The van der Waals surface area contributed by atoms with E-state index in [2.05, 4.69) is 6.58 Å². The number of carboxylic acids is 1. The van der Waals surface area contributed by atoms with Crippen molar-refractivity contribution in [3.63, 3.8) is 0 Å². The van der Waals surface area contributed by atoms with E-state index < -0.39 is 23.6 Å². The van der Waals surface area contributed by atoms with Crippen LogP contribution in [0.3, 0.4) is 0 Å². The molecule has 1 heterocycles. The number of nitrogens with zero attached hydrogens (tertiary/aromatic N) is 2. The molecule has 0 spiro atoms. The first-order valence-electron chi connectivity index (χ1n) is 7.24. The second kappa shape index (κ2) is 6.89. The summed E-state index contributed by atoms with van der Waals surface area (Å²) in [6, 6.07) is -1.08. The Kier molecular flexibility index (Phi) is 5.68. The second-order valence-electron chi connectivity index (χ2n) is 5.94. The van der Waals surface area contributed by atoms with Crippen molar-refractivity contribution in [3.8, 4) is 0 Å². The average molecular weight is 314 g/mol. The summed E-state index contributed by atoms with van der Waals surface area (Å²) in [5.41, 5.74) is -2.13. The van der Waals surface area contributed by atoms with E-state index >= 15 is 0 Å². The third kappa shape index (κ3) is 3.64. The van der Waals surface area contributed by atoms with Crippen molar-refractivity contribution >= 4 is 17.8 Å². The van der Waals surface area contributed by atoms with Crippen molar-refractivity contribution < 1.29 is 23.9 Å². The van der Waals surface area contributed by atoms with Crippen molar-refractivity contribution in [2.24, 2.45) is 5.92 Å². The lowest BCUT2D eigenvalue weighted by atomic mass is 9.90. The van der Waals surface area contributed by atoms with Gasteiger partial charge in [0.2, 0.25) is 5.91 Å². The first kappa shape index (κ1) is 18.1. The van der Waals surface area contributed by atoms with Gasteiger partial charge in [-0.2, -0.15) is 0 Å². The van der Waals surface area contributed by atoms with Crippen LogP contribution in [-0.4, -0.2) is 64.5 Å². The Bertz CT molecular complexity index is 470. The van der Waals surface area contributed by atoms with Crippen LogP contribution in [0.5, 0.6) is 0 Å². The Labute approximate surface area is 129 Å². The summed E-state index contributed by atoms with van der Waals surface area (Å²) in [5.74, 6) is -2.63. The van der Waals surface area contributed by atoms with Crippen LogP contribution >= 0.6 is 0 Å². The predicted octanol–water partition coefficient (Wildman–Crippen LogP) is 1.07. The number of carbonyl (C=O) groups excluding carboxylic acids is 2. The fraction of sp³-hybridized carbons (Fsp3) is 0.667. The molecule has 0 radical (unpaired) electrons. The summed E-state index contributed by atoms with van der Waals surface area (Å²) >= 11 is 0. The normalized spacial score (nSPS) is 18.7. The van der Waals surface area contributed by atoms with E-state index in [1.165, 1.54) is 11.9 Å². The highest BCUT2D eigenvalue weighted by Crippen LogP contribution is 2.30.